The van der Waals surface area contributed by atoms with E-state index in [1.54, 1.807) is 11.8 Å². The molecule has 1 amide bonds. The first-order chi connectivity index (χ1) is 9.15. The Kier molecular flexibility index (Phi) is 3.74. The number of fused-ring (bicyclic) bond motifs is 2. The number of rotatable bonds is 3. The van der Waals surface area contributed by atoms with Gasteiger partial charge in [0, 0.05) is 24.0 Å². The van der Waals surface area contributed by atoms with E-state index in [4.69, 9.17) is 5.11 Å². The van der Waals surface area contributed by atoms with Gasteiger partial charge in [-0.15, -0.1) is 0 Å². The largest absolute Gasteiger partial charge is 0.481 e. The van der Waals surface area contributed by atoms with Crippen LogP contribution in [-0.2, 0) is 9.59 Å². The predicted molar refractivity (Wildman–Crippen MR) is 74.0 cm³/mol. The van der Waals surface area contributed by atoms with Crippen LogP contribution in [0.4, 0.5) is 0 Å². The Morgan fingerprint density at radius 1 is 1.26 bits per heavy atom. The molecule has 2 saturated carbocycles. The summed E-state index contributed by atoms with van der Waals surface area (Å²) in [5.74, 6) is 2.71. The van der Waals surface area contributed by atoms with Gasteiger partial charge >= 0.3 is 5.97 Å². The van der Waals surface area contributed by atoms with Crippen molar-refractivity contribution >= 4 is 23.6 Å². The lowest BCUT2D eigenvalue weighted by Gasteiger charge is -2.37. The Morgan fingerprint density at radius 2 is 2.11 bits per heavy atom. The Hall–Kier alpha value is -0.710. The van der Waals surface area contributed by atoms with Crippen LogP contribution in [0, 0.1) is 17.8 Å². The number of hydrogen-bond acceptors (Lipinski definition) is 3. The summed E-state index contributed by atoms with van der Waals surface area (Å²) in [6, 6.07) is -0.0946. The van der Waals surface area contributed by atoms with Gasteiger partial charge in [-0.2, -0.15) is 11.8 Å². The smallest absolute Gasteiger partial charge is 0.305 e. The molecule has 1 aliphatic heterocycles. The number of thioether (sulfide) groups is 1. The van der Waals surface area contributed by atoms with E-state index >= 15 is 0 Å². The van der Waals surface area contributed by atoms with Crippen LogP contribution < -0.4 is 0 Å². The topological polar surface area (TPSA) is 57.6 Å². The number of hydrogen-bond donors (Lipinski definition) is 1. The fraction of sp³-hybridized carbons (Fsp3) is 0.857. The van der Waals surface area contributed by atoms with Crippen molar-refractivity contribution in [3.05, 3.63) is 0 Å². The molecule has 0 spiro atoms. The molecule has 106 valence electrons. The molecule has 3 aliphatic rings. The van der Waals surface area contributed by atoms with Gasteiger partial charge in [-0.3, -0.25) is 9.59 Å². The van der Waals surface area contributed by atoms with E-state index in [0.717, 1.165) is 30.4 Å². The van der Waals surface area contributed by atoms with Crippen molar-refractivity contribution in [1.29, 1.82) is 0 Å². The number of carbonyl (C=O) groups is 2. The van der Waals surface area contributed by atoms with Gasteiger partial charge in [0.05, 0.1) is 12.5 Å². The van der Waals surface area contributed by atoms with E-state index < -0.39 is 5.97 Å². The first-order valence-electron chi connectivity index (χ1n) is 7.25. The van der Waals surface area contributed by atoms with E-state index in [2.05, 4.69) is 0 Å². The molecule has 0 radical (unpaired) electrons. The molecule has 4 nitrogen and oxygen atoms in total. The highest BCUT2D eigenvalue weighted by Crippen LogP contribution is 2.49. The van der Waals surface area contributed by atoms with E-state index in [1.165, 1.54) is 19.3 Å². The summed E-state index contributed by atoms with van der Waals surface area (Å²) < 4.78 is 0. The Morgan fingerprint density at radius 3 is 2.74 bits per heavy atom. The zero-order valence-electron chi connectivity index (χ0n) is 11.1. The highest BCUT2D eigenvalue weighted by Gasteiger charge is 2.45. The number of carbonyl (C=O) groups excluding carboxylic acids is 1. The minimum absolute atomic E-state index is 0.0946. The van der Waals surface area contributed by atoms with Gasteiger partial charge in [0.25, 0.3) is 0 Å². The van der Waals surface area contributed by atoms with Crippen molar-refractivity contribution < 1.29 is 14.7 Å². The Balaban J connectivity index is 1.68. The molecule has 4 atom stereocenters. The predicted octanol–water partition coefficient (Wildman–Crippen LogP) is 1.84. The third kappa shape index (κ3) is 2.62. The first-order valence-corrected chi connectivity index (χ1v) is 8.40. The standard InChI is InChI=1S/C14H21NO3S/c16-13(17)7-11-8-19-4-3-15(11)14(18)12-6-9-1-2-10(12)5-9/h9-12H,1-8H2,(H,16,17). The molecule has 1 N–H and O–H groups in total. The molecule has 1 saturated heterocycles. The molecule has 1 heterocycles. The monoisotopic (exact) mass is 283 g/mol. The summed E-state index contributed by atoms with van der Waals surface area (Å²) in [4.78, 5) is 25.5. The SMILES string of the molecule is O=C(O)CC1CSCCN1C(=O)C1CC2CCC1C2. The number of amides is 1. The molecule has 2 aliphatic carbocycles. The second-order valence-electron chi connectivity index (χ2n) is 6.14. The van der Waals surface area contributed by atoms with Crippen molar-refractivity contribution in [3.8, 4) is 0 Å². The van der Waals surface area contributed by atoms with Crippen LogP contribution in [-0.4, -0.2) is 46.0 Å². The summed E-state index contributed by atoms with van der Waals surface area (Å²) in [6.07, 6.45) is 4.87. The Labute approximate surface area is 117 Å². The van der Waals surface area contributed by atoms with E-state index in [0.29, 0.717) is 5.92 Å². The van der Waals surface area contributed by atoms with E-state index in [1.807, 2.05) is 4.90 Å². The molecule has 19 heavy (non-hydrogen) atoms. The Bertz CT molecular complexity index is 387. The van der Waals surface area contributed by atoms with E-state index in [9.17, 15) is 9.59 Å². The van der Waals surface area contributed by atoms with Gasteiger partial charge in [0.1, 0.15) is 0 Å². The summed E-state index contributed by atoms with van der Waals surface area (Å²) in [5, 5.41) is 8.99. The molecular formula is C14H21NO3S. The molecular weight excluding hydrogens is 262 g/mol. The highest BCUT2D eigenvalue weighted by atomic mass is 32.2. The zero-order chi connectivity index (χ0) is 13.4. The molecule has 3 rings (SSSR count). The van der Waals surface area contributed by atoms with Crippen LogP contribution in [0.1, 0.15) is 32.1 Å². The quantitative estimate of drug-likeness (QED) is 0.858. The van der Waals surface area contributed by atoms with Crippen LogP contribution in [0.15, 0.2) is 0 Å². The van der Waals surface area contributed by atoms with Gasteiger partial charge in [0.2, 0.25) is 5.91 Å². The van der Waals surface area contributed by atoms with Crippen molar-refractivity contribution in [2.45, 2.75) is 38.1 Å². The van der Waals surface area contributed by atoms with Gasteiger partial charge in [0.15, 0.2) is 0 Å². The average Bonchev–Trinajstić information content (AvgIpc) is 3.00. The summed E-state index contributed by atoms with van der Waals surface area (Å²) in [7, 11) is 0. The van der Waals surface area contributed by atoms with Crippen molar-refractivity contribution in [2.75, 3.05) is 18.1 Å². The number of carboxylic acid groups (broad SMARTS) is 1. The highest BCUT2D eigenvalue weighted by molar-refractivity contribution is 7.99. The lowest BCUT2D eigenvalue weighted by Crippen LogP contribution is -2.50. The van der Waals surface area contributed by atoms with Crippen molar-refractivity contribution in [3.63, 3.8) is 0 Å². The molecule has 0 aromatic heterocycles. The van der Waals surface area contributed by atoms with Gasteiger partial charge in [-0.25, -0.2) is 0 Å². The van der Waals surface area contributed by atoms with Gasteiger partial charge in [-0.1, -0.05) is 6.42 Å². The maximum Gasteiger partial charge on any atom is 0.305 e. The van der Waals surface area contributed by atoms with Crippen molar-refractivity contribution in [2.24, 2.45) is 17.8 Å². The van der Waals surface area contributed by atoms with Crippen LogP contribution >= 0.6 is 11.8 Å². The number of carboxylic acids is 1. The molecule has 4 unspecified atom stereocenters. The molecule has 0 aromatic carbocycles. The van der Waals surface area contributed by atoms with Crippen LogP contribution in [0.2, 0.25) is 0 Å². The van der Waals surface area contributed by atoms with Crippen LogP contribution in [0.3, 0.4) is 0 Å². The normalized spacial score (nSPS) is 37.6. The fourth-order valence-electron chi connectivity index (χ4n) is 4.08. The molecule has 3 fully saturated rings. The maximum absolute atomic E-state index is 12.7. The lowest BCUT2D eigenvalue weighted by molar-refractivity contribution is -0.143. The van der Waals surface area contributed by atoms with E-state index in [-0.39, 0.29) is 24.3 Å². The third-order valence-corrected chi connectivity index (χ3v) is 6.07. The van der Waals surface area contributed by atoms with Crippen LogP contribution in [0.25, 0.3) is 0 Å². The number of nitrogens with zero attached hydrogens (tertiary/aromatic N) is 1. The second-order valence-corrected chi connectivity index (χ2v) is 7.29. The minimum atomic E-state index is -0.793. The first kappa shape index (κ1) is 13.3. The zero-order valence-corrected chi connectivity index (χ0v) is 11.9. The van der Waals surface area contributed by atoms with Crippen molar-refractivity contribution in [1.82, 2.24) is 4.90 Å². The van der Waals surface area contributed by atoms with Gasteiger partial charge in [-0.05, 0) is 31.1 Å². The number of aliphatic carboxylic acids is 1. The molecule has 0 aromatic rings. The van der Waals surface area contributed by atoms with Crippen LogP contribution in [0.5, 0.6) is 0 Å². The second kappa shape index (κ2) is 5.35. The average molecular weight is 283 g/mol. The maximum atomic E-state index is 12.7. The summed E-state index contributed by atoms with van der Waals surface area (Å²) >= 11 is 1.77. The minimum Gasteiger partial charge on any atom is -0.481 e. The summed E-state index contributed by atoms with van der Waals surface area (Å²) in [6.45, 7) is 0.731. The third-order valence-electron chi connectivity index (χ3n) is 4.98. The molecule has 5 heteroatoms. The fourth-order valence-corrected chi connectivity index (χ4v) is 5.14. The lowest BCUT2D eigenvalue weighted by atomic mass is 9.87. The summed E-state index contributed by atoms with van der Waals surface area (Å²) in [5.41, 5.74) is 0. The van der Waals surface area contributed by atoms with Gasteiger partial charge < -0.3 is 10.0 Å². The molecule has 2 bridgehead atoms.